The van der Waals surface area contributed by atoms with E-state index >= 15 is 0 Å². The van der Waals surface area contributed by atoms with E-state index in [1.54, 1.807) is 6.20 Å². The lowest BCUT2D eigenvalue weighted by atomic mass is 10.2. The molecule has 1 aliphatic heterocycles. The van der Waals surface area contributed by atoms with Crippen LogP contribution in [0, 0.1) is 6.92 Å². The highest BCUT2D eigenvalue weighted by Gasteiger charge is 2.20. The molecule has 0 spiro atoms. The van der Waals surface area contributed by atoms with E-state index in [1.807, 2.05) is 45.4 Å². The Morgan fingerprint density at radius 1 is 1.30 bits per heavy atom. The quantitative estimate of drug-likeness (QED) is 0.866. The fourth-order valence-corrected chi connectivity index (χ4v) is 2.46. The van der Waals surface area contributed by atoms with Gasteiger partial charge in [-0.15, -0.1) is 0 Å². The van der Waals surface area contributed by atoms with Crippen LogP contribution in [0.1, 0.15) is 58.9 Å². The molecule has 0 aliphatic carbocycles. The molecule has 3 heterocycles. The third-order valence-electron chi connectivity index (χ3n) is 3.41. The molecular weight excluding hydrogens is 292 g/mol. The van der Waals surface area contributed by atoms with Gasteiger partial charge in [0.25, 0.3) is 0 Å². The number of carbonyl (C=O) groups is 1. The molecule has 6 heteroatoms. The predicted octanol–water partition coefficient (Wildman–Crippen LogP) is 4.06. The van der Waals surface area contributed by atoms with Crippen LogP contribution in [-0.2, 0) is 9.53 Å². The molecule has 0 bridgehead atoms. The van der Waals surface area contributed by atoms with Gasteiger partial charge in [0.15, 0.2) is 6.23 Å². The van der Waals surface area contributed by atoms with E-state index in [4.69, 9.17) is 4.74 Å². The molecule has 1 fully saturated rings. The van der Waals surface area contributed by atoms with Gasteiger partial charge in [0, 0.05) is 24.3 Å². The Hall–Kier alpha value is -1.95. The van der Waals surface area contributed by atoms with Gasteiger partial charge in [-0.05, 0) is 26.2 Å². The average molecular weight is 320 g/mol. The smallest absolute Gasteiger partial charge is 0.212 e. The van der Waals surface area contributed by atoms with Crippen molar-refractivity contribution in [3.05, 3.63) is 18.0 Å². The first-order chi connectivity index (χ1) is 11.3. The van der Waals surface area contributed by atoms with Crippen molar-refractivity contribution >= 4 is 23.1 Å². The van der Waals surface area contributed by atoms with E-state index in [0.29, 0.717) is 12.2 Å². The van der Waals surface area contributed by atoms with E-state index in [2.05, 4.69) is 15.4 Å². The number of fused-ring (bicyclic) bond motifs is 1. The molecule has 0 aromatic carbocycles. The van der Waals surface area contributed by atoms with Gasteiger partial charge < -0.3 is 10.1 Å². The number of rotatable bonds is 3. The van der Waals surface area contributed by atoms with Crippen molar-refractivity contribution in [2.45, 2.75) is 60.1 Å². The van der Waals surface area contributed by atoms with Crippen LogP contribution >= 0.6 is 0 Å². The Balaban J connectivity index is 0.000000615. The van der Waals surface area contributed by atoms with Crippen LogP contribution in [0.5, 0.6) is 0 Å². The monoisotopic (exact) mass is 320 g/mol. The number of aromatic nitrogens is 3. The number of nitrogens with zero attached hydrogens (tertiary/aromatic N) is 3. The van der Waals surface area contributed by atoms with Gasteiger partial charge in [-0.1, -0.05) is 27.7 Å². The van der Waals surface area contributed by atoms with Crippen LogP contribution in [0.3, 0.4) is 0 Å². The van der Waals surface area contributed by atoms with E-state index in [0.717, 1.165) is 42.5 Å². The highest BCUT2D eigenvalue weighted by atomic mass is 16.5. The zero-order valence-corrected chi connectivity index (χ0v) is 14.8. The van der Waals surface area contributed by atoms with Gasteiger partial charge >= 0.3 is 0 Å². The molecule has 1 atom stereocenters. The SMILES string of the molecule is CC.CC.Cc1nn(C2CCCCO2)c2cc(NC=O)ncc12. The second-order valence-electron chi connectivity index (χ2n) is 4.70. The zero-order valence-electron chi connectivity index (χ0n) is 14.8. The summed E-state index contributed by atoms with van der Waals surface area (Å²) in [5.41, 5.74) is 1.87. The lowest BCUT2D eigenvalue weighted by Crippen LogP contribution is -2.19. The summed E-state index contributed by atoms with van der Waals surface area (Å²) in [6.07, 6.45) is 5.57. The number of hydrogen-bond donors (Lipinski definition) is 1. The number of aryl methyl sites for hydroxylation is 1. The van der Waals surface area contributed by atoms with Crippen LogP contribution in [0.2, 0.25) is 0 Å². The number of pyridine rings is 1. The standard InChI is InChI=1S/C13H16N4O2.2C2H6/c1-9-10-7-14-12(15-8-18)6-11(10)17(16-9)13-4-2-3-5-19-13;2*1-2/h6-8,13H,2-5H2,1H3,(H,14,15,18);2*1-2H3. The summed E-state index contributed by atoms with van der Waals surface area (Å²) in [5.74, 6) is 0.527. The molecule has 3 rings (SSSR count). The molecule has 0 radical (unpaired) electrons. The van der Waals surface area contributed by atoms with Crippen molar-refractivity contribution in [2.24, 2.45) is 0 Å². The summed E-state index contributed by atoms with van der Waals surface area (Å²) in [4.78, 5) is 14.7. The van der Waals surface area contributed by atoms with Gasteiger partial charge in [-0.2, -0.15) is 5.10 Å². The summed E-state index contributed by atoms with van der Waals surface area (Å²) < 4.78 is 7.68. The number of nitrogens with one attached hydrogen (secondary N) is 1. The van der Waals surface area contributed by atoms with E-state index in [-0.39, 0.29) is 6.23 Å². The summed E-state index contributed by atoms with van der Waals surface area (Å²) in [6.45, 7) is 10.7. The number of amides is 1. The zero-order chi connectivity index (χ0) is 17.2. The molecule has 0 saturated carbocycles. The number of carbonyl (C=O) groups excluding carboxylic acids is 1. The Bertz CT molecular complexity index is 604. The summed E-state index contributed by atoms with van der Waals surface area (Å²) >= 11 is 0. The topological polar surface area (TPSA) is 69.0 Å². The molecule has 6 nitrogen and oxygen atoms in total. The fraction of sp³-hybridized carbons (Fsp3) is 0.588. The van der Waals surface area contributed by atoms with E-state index in [9.17, 15) is 4.79 Å². The van der Waals surface area contributed by atoms with E-state index in [1.165, 1.54) is 0 Å². The number of ether oxygens (including phenoxy) is 1. The third-order valence-corrected chi connectivity index (χ3v) is 3.41. The van der Waals surface area contributed by atoms with Crippen LogP contribution < -0.4 is 5.32 Å². The van der Waals surface area contributed by atoms with Gasteiger partial charge in [-0.3, -0.25) is 4.79 Å². The van der Waals surface area contributed by atoms with Crippen LogP contribution in [-0.4, -0.2) is 27.8 Å². The maximum Gasteiger partial charge on any atom is 0.212 e. The highest BCUT2D eigenvalue weighted by molar-refractivity contribution is 5.85. The normalized spacial score (nSPS) is 16.7. The molecule has 1 saturated heterocycles. The van der Waals surface area contributed by atoms with Crippen LogP contribution in [0.25, 0.3) is 10.9 Å². The van der Waals surface area contributed by atoms with Crippen LogP contribution in [0.15, 0.2) is 12.3 Å². The number of hydrogen-bond acceptors (Lipinski definition) is 4. The van der Waals surface area contributed by atoms with E-state index < -0.39 is 0 Å². The first-order valence-corrected chi connectivity index (χ1v) is 8.46. The first-order valence-electron chi connectivity index (χ1n) is 8.46. The van der Waals surface area contributed by atoms with Gasteiger partial charge in [-0.25, -0.2) is 9.67 Å². The lowest BCUT2D eigenvalue weighted by molar-refractivity contribution is -0.105. The summed E-state index contributed by atoms with van der Waals surface area (Å²) in [6, 6.07) is 1.84. The average Bonchev–Trinajstić information content (AvgIpc) is 2.96. The Kier molecular flexibility index (Phi) is 8.26. The molecule has 2 aromatic rings. The predicted molar refractivity (Wildman–Crippen MR) is 93.5 cm³/mol. The second kappa shape index (κ2) is 9.94. The van der Waals surface area contributed by atoms with Crippen molar-refractivity contribution in [3.8, 4) is 0 Å². The fourth-order valence-electron chi connectivity index (χ4n) is 2.46. The summed E-state index contributed by atoms with van der Waals surface area (Å²) in [5, 5.41) is 8.11. The third kappa shape index (κ3) is 4.51. The molecule has 2 aromatic heterocycles. The minimum atomic E-state index is -0.0172. The maximum atomic E-state index is 10.5. The van der Waals surface area contributed by atoms with Crippen molar-refractivity contribution in [1.29, 1.82) is 0 Å². The Labute approximate surface area is 138 Å². The molecule has 1 unspecified atom stereocenters. The van der Waals surface area contributed by atoms with Crippen molar-refractivity contribution in [2.75, 3.05) is 11.9 Å². The molecule has 1 aliphatic rings. The molecule has 1 amide bonds. The largest absolute Gasteiger partial charge is 0.356 e. The van der Waals surface area contributed by atoms with Gasteiger partial charge in [0.2, 0.25) is 6.41 Å². The Morgan fingerprint density at radius 2 is 2.04 bits per heavy atom. The van der Waals surface area contributed by atoms with Crippen molar-refractivity contribution < 1.29 is 9.53 Å². The summed E-state index contributed by atoms with van der Waals surface area (Å²) in [7, 11) is 0. The minimum Gasteiger partial charge on any atom is -0.356 e. The van der Waals surface area contributed by atoms with Gasteiger partial charge in [0.1, 0.15) is 5.82 Å². The molecule has 23 heavy (non-hydrogen) atoms. The Morgan fingerprint density at radius 3 is 2.65 bits per heavy atom. The highest BCUT2D eigenvalue weighted by Crippen LogP contribution is 2.28. The maximum absolute atomic E-state index is 10.5. The minimum absolute atomic E-state index is 0.0172. The lowest BCUT2D eigenvalue weighted by Gasteiger charge is -2.23. The van der Waals surface area contributed by atoms with Crippen molar-refractivity contribution in [3.63, 3.8) is 0 Å². The second-order valence-corrected chi connectivity index (χ2v) is 4.70. The molecule has 1 N–H and O–H groups in total. The van der Waals surface area contributed by atoms with Crippen molar-refractivity contribution in [1.82, 2.24) is 14.8 Å². The van der Waals surface area contributed by atoms with Gasteiger partial charge in [0.05, 0.1) is 11.2 Å². The molecule has 128 valence electrons. The van der Waals surface area contributed by atoms with Crippen LogP contribution in [0.4, 0.5) is 5.82 Å². The number of anilines is 1. The molecular formula is C17H28N4O2. The first kappa shape index (κ1) is 19.1.